The highest BCUT2D eigenvalue weighted by atomic mass is 35.5. The Labute approximate surface area is 172 Å². The van der Waals surface area contributed by atoms with Gasteiger partial charge in [0, 0.05) is 18.5 Å². The lowest BCUT2D eigenvalue weighted by Crippen LogP contribution is -2.19. The monoisotopic (exact) mass is 417 g/mol. The third-order valence-electron chi connectivity index (χ3n) is 4.59. The maximum Gasteiger partial charge on any atom is 0.344 e. The Morgan fingerprint density at radius 2 is 2.00 bits per heavy atom. The van der Waals surface area contributed by atoms with Crippen LogP contribution < -0.4 is 19.5 Å². The van der Waals surface area contributed by atoms with Crippen molar-refractivity contribution in [2.75, 3.05) is 25.1 Å². The molecule has 29 heavy (non-hydrogen) atoms. The Kier molecular flexibility index (Phi) is 5.76. The lowest BCUT2D eigenvalue weighted by atomic mass is 10.0. The molecule has 2 aromatic rings. The van der Waals surface area contributed by atoms with Crippen LogP contribution >= 0.6 is 11.6 Å². The van der Waals surface area contributed by atoms with Crippen molar-refractivity contribution >= 4 is 29.2 Å². The number of aryl methyl sites for hydroxylation is 1. The first kappa shape index (κ1) is 19.4. The van der Waals surface area contributed by atoms with Gasteiger partial charge in [-0.1, -0.05) is 11.6 Å². The zero-order valence-electron chi connectivity index (χ0n) is 15.7. The number of fused-ring (bicyclic) bond motifs is 2. The normalized spacial score (nSPS) is 15.0. The van der Waals surface area contributed by atoms with Gasteiger partial charge in [-0.2, -0.15) is 0 Å². The number of rotatable bonds is 5. The molecule has 4 rings (SSSR count). The number of anilines is 1. The van der Waals surface area contributed by atoms with Crippen LogP contribution in [0.3, 0.4) is 0 Å². The fourth-order valence-corrected chi connectivity index (χ4v) is 3.45. The van der Waals surface area contributed by atoms with Crippen LogP contribution in [-0.4, -0.2) is 31.7 Å². The van der Waals surface area contributed by atoms with Gasteiger partial charge in [-0.25, -0.2) is 4.79 Å². The Hall–Kier alpha value is -2.93. The number of carbonyl (C=O) groups is 2. The number of benzene rings is 2. The second-order valence-corrected chi connectivity index (χ2v) is 7.18. The Morgan fingerprint density at radius 1 is 1.14 bits per heavy atom. The second-order valence-electron chi connectivity index (χ2n) is 6.77. The van der Waals surface area contributed by atoms with Crippen LogP contribution in [0.2, 0.25) is 5.02 Å². The first-order valence-corrected chi connectivity index (χ1v) is 9.75. The van der Waals surface area contributed by atoms with E-state index in [0.29, 0.717) is 53.9 Å². The number of hydrogen-bond donors (Lipinski definition) is 1. The van der Waals surface area contributed by atoms with Crippen molar-refractivity contribution in [2.45, 2.75) is 25.9 Å². The van der Waals surface area contributed by atoms with Gasteiger partial charge in [0.1, 0.15) is 12.4 Å². The van der Waals surface area contributed by atoms with Gasteiger partial charge in [0.25, 0.3) is 0 Å². The summed E-state index contributed by atoms with van der Waals surface area (Å²) in [5.41, 5.74) is 2.47. The van der Waals surface area contributed by atoms with Gasteiger partial charge in [-0.15, -0.1) is 0 Å². The largest absolute Gasteiger partial charge is 0.489 e. The van der Waals surface area contributed by atoms with Crippen molar-refractivity contribution < 1.29 is 28.5 Å². The molecular formula is C21H20ClNO6. The highest BCUT2D eigenvalue weighted by Gasteiger charge is 2.17. The van der Waals surface area contributed by atoms with E-state index in [1.807, 2.05) is 6.07 Å². The molecule has 0 spiro atoms. The molecular weight excluding hydrogens is 398 g/mol. The maximum atomic E-state index is 12.1. The molecule has 1 amide bonds. The van der Waals surface area contributed by atoms with E-state index in [2.05, 4.69) is 5.32 Å². The summed E-state index contributed by atoms with van der Waals surface area (Å²) in [6, 6.07) is 8.76. The van der Waals surface area contributed by atoms with E-state index in [0.717, 1.165) is 17.7 Å². The van der Waals surface area contributed by atoms with Crippen molar-refractivity contribution in [1.29, 1.82) is 0 Å². The summed E-state index contributed by atoms with van der Waals surface area (Å²) in [6.45, 7) is 0.927. The van der Waals surface area contributed by atoms with E-state index in [1.165, 1.54) is 0 Å². The smallest absolute Gasteiger partial charge is 0.344 e. The number of esters is 1. The molecule has 0 aromatic heterocycles. The van der Waals surface area contributed by atoms with Crippen molar-refractivity contribution in [2.24, 2.45) is 0 Å². The van der Waals surface area contributed by atoms with Crippen LogP contribution in [0.25, 0.3) is 0 Å². The second kappa shape index (κ2) is 8.61. The Balaban J connectivity index is 1.31. The summed E-state index contributed by atoms with van der Waals surface area (Å²) in [4.78, 5) is 23.5. The lowest BCUT2D eigenvalue weighted by Gasteiger charge is -2.17. The van der Waals surface area contributed by atoms with Gasteiger partial charge in [0.15, 0.2) is 18.1 Å². The third kappa shape index (κ3) is 4.74. The fourth-order valence-electron chi connectivity index (χ4n) is 3.16. The van der Waals surface area contributed by atoms with Crippen molar-refractivity contribution in [3.05, 3.63) is 46.5 Å². The minimum absolute atomic E-state index is 0.00427. The van der Waals surface area contributed by atoms with Crippen LogP contribution in [0.4, 0.5) is 5.69 Å². The first-order valence-electron chi connectivity index (χ1n) is 9.38. The first-order chi connectivity index (χ1) is 14.1. The summed E-state index contributed by atoms with van der Waals surface area (Å²) >= 11 is 6.25. The minimum atomic E-state index is -0.501. The molecule has 2 aliphatic heterocycles. The summed E-state index contributed by atoms with van der Waals surface area (Å²) in [5, 5.41) is 3.23. The SMILES string of the molecule is O=C1CCc2cc(OCC(=O)OCc3cc(Cl)c4c(c3)OCCCO4)ccc2N1. The number of nitrogens with one attached hydrogen (secondary N) is 1. The van der Waals surface area contributed by atoms with Crippen molar-refractivity contribution in [1.82, 2.24) is 0 Å². The summed E-state index contributed by atoms with van der Waals surface area (Å²) in [7, 11) is 0. The lowest BCUT2D eigenvalue weighted by molar-refractivity contribution is -0.147. The molecule has 0 atom stereocenters. The average Bonchev–Trinajstić information content (AvgIpc) is 2.96. The molecule has 0 aliphatic carbocycles. The molecule has 0 fully saturated rings. The molecule has 0 radical (unpaired) electrons. The number of amides is 1. The minimum Gasteiger partial charge on any atom is -0.489 e. The predicted molar refractivity (Wildman–Crippen MR) is 106 cm³/mol. The maximum absolute atomic E-state index is 12.1. The zero-order chi connectivity index (χ0) is 20.2. The van der Waals surface area contributed by atoms with Crippen LogP contribution in [0.1, 0.15) is 24.0 Å². The molecule has 2 aliphatic rings. The molecule has 7 nitrogen and oxygen atoms in total. The highest BCUT2D eigenvalue weighted by molar-refractivity contribution is 6.32. The van der Waals surface area contributed by atoms with E-state index >= 15 is 0 Å². The molecule has 0 bridgehead atoms. The Morgan fingerprint density at radius 3 is 2.90 bits per heavy atom. The summed E-state index contributed by atoms with van der Waals surface area (Å²) in [5.74, 6) is 1.13. The van der Waals surface area contributed by atoms with Crippen molar-refractivity contribution in [3.8, 4) is 17.2 Å². The molecule has 2 heterocycles. The number of ether oxygens (including phenoxy) is 4. The van der Waals surface area contributed by atoms with Crippen LogP contribution in [-0.2, 0) is 27.4 Å². The quantitative estimate of drug-likeness (QED) is 0.749. The van der Waals surface area contributed by atoms with Gasteiger partial charge < -0.3 is 24.3 Å². The molecule has 152 valence electrons. The van der Waals surface area contributed by atoms with Crippen LogP contribution in [0, 0.1) is 0 Å². The van der Waals surface area contributed by atoms with Gasteiger partial charge in [0.05, 0.1) is 18.2 Å². The number of halogens is 1. The van der Waals surface area contributed by atoms with E-state index in [9.17, 15) is 9.59 Å². The topological polar surface area (TPSA) is 83.1 Å². The van der Waals surface area contributed by atoms with E-state index in [-0.39, 0.29) is 19.1 Å². The van der Waals surface area contributed by atoms with Gasteiger partial charge >= 0.3 is 5.97 Å². The molecule has 0 saturated heterocycles. The van der Waals surface area contributed by atoms with Crippen LogP contribution in [0.15, 0.2) is 30.3 Å². The van der Waals surface area contributed by atoms with E-state index < -0.39 is 5.97 Å². The fraction of sp³-hybridized carbons (Fsp3) is 0.333. The summed E-state index contributed by atoms with van der Waals surface area (Å²) in [6.07, 6.45) is 1.87. The Bertz CT molecular complexity index is 945. The van der Waals surface area contributed by atoms with Gasteiger partial charge in [-0.05, 0) is 47.9 Å². The third-order valence-corrected chi connectivity index (χ3v) is 4.87. The molecule has 0 saturated carbocycles. The van der Waals surface area contributed by atoms with E-state index in [1.54, 1.807) is 24.3 Å². The number of carbonyl (C=O) groups excluding carboxylic acids is 2. The van der Waals surface area contributed by atoms with E-state index in [4.69, 9.17) is 30.5 Å². The molecule has 1 N–H and O–H groups in total. The van der Waals surface area contributed by atoms with Crippen LogP contribution in [0.5, 0.6) is 17.2 Å². The molecule has 8 heteroatoms. The van der Waals surface area contributed by atoms with Gasteiger partial charge in [0.2, 0.25) is 5.91 Å². The van der Waals surface area contributed by atoms with Gasteiger partial charge in [-0.3, -0.25) is 4.79 Å². The highest BCUT2D eigenvalue weighted by Crippen LogP contribution is 2.38. The standard InChI is InChI=1S/C21H20ClNO6/c22-16-8-13(9-18-21(16)27-7-1-6-26-18)11-29-20(25)12-28-15-3-4-17-14(10-15)2-5-19(24)23-17/h3-4,8-10H,1-2,5-7,11-12H2,(H,23,24). The zero-order valence-corrected chi connectivity index (χ0v) is 16.4. The summed E-state index contributed by atoms with van der Waals surface area (Å²) < 4.78 is 22.0. The molecule has 2 aromatic carbocycles. The predicted octanol–water partition coefficient (Wildman–Crippen LogP) is 3.51. The number of hydrogen-bond acceptors (Lipinski definition) is 6. The van der Waals surface area contributed by atoms with Crippen molar-refractivity contribution in [3.63, 3.8) is 0 Å². The molecule has 0 unspecified atom stereocenters. The average molecular weight is 418 g/mol.